The van der Waals surface area contributed by atoms with Crippen LogP contribution in [0.5, 0.6) is 0 Å². The highest BCUT2D eigenvalue weighted by Crippen LogP contribution is 2.27. The van der Waals surface area contributed by atoms with Gasteiger partial charge in [0.1, 0.15) is 0 Å². The fourth-order valence-electron chi connectivity index (χ4n) is 2.05. The lowest BCUT2D eigenvalue weighted by Crippen LogP contribution is -2.18. The summed E-state index contributed by atoms with van der Waals surface area (Å²) < 4.78 is 2.31. The van der Waals surface area contributed by atoms with Crippen LogP contribution in [0.1, 0.15) is 19.5 Å². The van der Waals surface area contributed by atoms with E-state index in [1.807, 2.05) is 0 Å². The molecule has 1 aromatic heterocycles. The smallest absolute Gasteiger partial charge is 0.0479 e. The third-order valence-corrected chi connectivity index (χ3v) is 4.59. The van der Waals surface area contributed by atoms with Gasteiger partial charge in [0.15, 0.2) is 0 Å². The van der Waals surface area contributed by atoms with Crippen LogP contribution >= 0.6 is 15.9 Å². The second-order valence-electron chi connectivity index (χ2n) is 5.23. The Kier molecular flexibility index (Phi) is 3.11. The SMILES string of the molecule is Cn1c(CC(C)(C)CBr)cc2ccccc21. The first-order valence-electron chi connectivity index (χ1n) is 5.63. The monoisotopic (exact) mass is 279 g/mol. The second kappa shape index (κ2) is 4.25. The zero-order valence-corrected chi connectivity index (χ0v) is 11.7. The van der Waals surface area contributed by atoms with E-state index in [1.165, 1.54) is 16.6 Å². The van der Waals surface area contributed by atoms with Crippen molar-refractivity contribution in [3.8, 4) is 0 Å². The molecule has 1 aromatic carbocycles. The minimum atomic E-state index is 0.308. The van der Waals surface area contributed by atoms with E-state index in [9.17, 15) is 0 Å². The van der Waals surface area contributed by atoms with Crippen molar-refractivity contribution in [3.63, 3.8) is 0 Å². The third-order valence-electron chi connectivity index (χ3n) is 3.07. The molecule has 1 heterocycles. The summed E-state index contributed by atoms with van der Waals surface area (Å²) in [7, 11) is 2.15. The molecule has 86 valence electrons. The number of para-hydroxylation sites is 1. The summed E-state index contributed by atoms with van der Waals surface area (Å²) in [6.45, 7) is 4.58. The minimum absolute atomic E-state index is 0.308. The first-order chi connectivity index (χ1) is 7.53. The number of rotatable bonds is 3. The van der Waals surface area contributed by atoms with Gasteiger partial charge in [0.2, 0.25) is 0 Å². The van der Waals surface area contributed by atoms with Crippen LogP contribution in [0.2, 0.25) is 0 Å². The van der Waals surface area contributed by atoms with Gasteiger partial charge in [-0.1, -0.05) is 48.0 Å². The Morgan fingerprint density at radius 2 is 1.94 bits per heavy atom. The number of nitrogens with zero attached hydrogens (tertiary/aromatic N) is 1. The van der Waals surface area contributed by atoms with Gasteiger partial charge in [-0.15, -0.1) is 0 Å². The van der Waals surface area contributed by atoms with Crippen molar-refractivity contribution in [1.82, 2.24) is 4.57 Å². The molecule has 2 heteroatoms. The molecule has 0 bridgehead atoms. The normalized spacial score (nSPS) is 12.2. The van der Waals surface area contributed by atoms with Crippen LogP contribution in [0.15, 0.2) is 30.3 Å². The van der Waals surface area contributed by atoms with Crippen molar-refractivity contribution in [2.24, 2.45) is 12.5 Å². The summed E-state index contributed by atoms with van der Waals surface area (Å²) in [6, 6.07) is 10.9. The van der Waals surface area contributed by atoms with Gasteiger partial charge < -0.3 is 4.57 Å². The molecule has 0 saturated heterocycles. The van der Waals surface area contributed by atoms with Crippen LogP contribution in [-0.2, 0) is 13.5 Å². The van der Waals surface area contributed by atoms with Gasteiger partial charge in [-0.3, -0.25) is 0 Å². The maximum absolute atomic E-state index is 3.59. The highest BCUT2D eigenvalue weighted by Gasteiger charge is 2.19. The summed E-state index contributed by atoms with van der Waals surface area (Å²) >= 11 is 3.59. The van der Waals surface area contributed by atoms with E-state index in [0.717, 1.165) is 11.8 Å². The molecule has 0 aliphatic carbocycles. The quantitative estimate of drug-likeness (QED) is 0.745. The van der Waals surface area contributed by atoms with Crippen LogP contribution in [-0.4, -0.2) is 9.90 Å². The van der Waals surface area contributed by atoms with Crippen LogP contribution in [0.3, 0.4) is 0 Å². The number of fused-ring (bicyclic) bond motifs is 1. The highest BCUT2D eigenvalue weighted by atomic mass is 79.9. The van der Waals surface area contributed by atoms with Crippen molar-refractivity contribution in [2.45, 2.75) is 20.3 Å². The zero-order valence-electron chi connectivity index (χ0n) is 10.1. The van der Waals surface area contributed by atoms with E-state index in [4.69, 9.17) is 0 Å². The lowest BCUT2D eigenvalue weighted by Gasteiger charge is -2.21. The Morgan fingerprint density at radius 1 is 1.25 bits per heavy atom. The maximum Gasteiger partial charge on any atom is 0.0479 e. The molecule has 2 aromatic rings. The van der Waals surface area contributed by atoms with E-state index < -0.39 is 0 Å². The number of aryl methyl sites for hydroxylation is 1. The van der Waals surface area contributed by atoms with Gasteiger partial charge in [-0.2, -0.15) is 0 Å². The number of halogens is 1. The summed E-state index contributed by atoms with van der Waals surface area (Å²) in [5.41, 5.74) is 3.04. The second-order valence-corrected chi connectivity index (χ2v) is 5.79. The molecule has 2 rings (SSSR count). The minimum Gasteiger partial charge on any atom is -0.348 e. The van der Waals surface area contributed by atoms with Crippen molar-refractivity contribution < 1.29 is 0 Å². The Labute approximate surface area is 106 Å². The molecule has 0 aliphatic heterocycles. The van der Waals surface area contributed by atoms with E-state index in [0.29, 0.717) is 5.41 Å². The van der Waals surface area contributed by atoms with Crippen LogP contribution in [0.4, 0.5) is 0 Å². The first-order valence-corrected chi connectivity index (χ1v) is 6.75. The van der Waals surface area contributed by atoms with Crippen molar-refractivity contribution in [2.75, 3.05) is 5.33 Å². The predicted octanol–water partition coefficient (Wildman–Crippen LogP) is 4.14. The molecule has 0 fully saturated rings. The molecule has 0 N–H and O–H groups in total. The van der Waals surface area contributed by atoms with Gasteiger partial charge in [0, 0.05) is 23.6 Å². The van der Waals surface area contributed by atoms with Crippen molar-refractivity contribution in [1.29, 1.82) is 0 Å². The molecule has 0 amide bonds. The van der Waals surface area contributed by atoms with Crippen molar-refractivity contribution >= 4 is 26.8 Å². The largest absolute Gasteiger partial charge is 0.348 e. The summed E-state index contributed by atoms with van der Waals surface area (Å²) in [5, 5.41) is 2.37. The summed E-state index contributed by atoms with van der Waals surface area (Å²) in [4.78, 5) is 0. The van der Waals surface area contributed by atoms with Gasteiger partial charge in [0.25, 0.3) is 0 Å². The number of alkyl halides is 1. The Hall–Kier alpha value is -0.760. The van der Waals surface area contributed by atoms with E-state index >= 15 is 0 Å². The maximum atomic E-state index is 3.59. The average Bonchev–Trinajstić information content (AvgIpc) is 2.56. The lowest BCUT2D eigenvalue weighted by atomic mass is 9.90. The topological polar surface area (TPSA) is 4.93 Å². The van der Waals surface area contributed by atoms with Gasteiger partial charge in [-0.25, -0.2) is 0 Å². The number of hydrogen-bond acceptors (Lipinski definition) is 0. The predicted molar refractivity (Wildman–Crippen MR) is 74.2 cm³/mol. The number of benzene rings is 1. The Bertz CT molecular complexity index is 496. The number of hydrogen-bond donors (Lipinski definition) is 0. The molecule has 0 aliphatic rings. The standard InChI is InChI=1S/C14H18BrN/c1-14(2,10-15)9-12-8-11-6-4-5-7-13(11)16(12)3/h4-8H,9-10H2,1-3H3. The average molecular weight is 280 g/mol. The summed E-state index contributed by atoms with van der Waals surface area (Å²) in [5.74, 6) is 0. The molecule has 16 heavy (non-hydrogen) atoms. The van der Waals surface area contributed by atoms with Crippen LogP contribution in [0, 0.1) is 5.41 Å². The fraction of sp³-hybridized carbons (Fsp3) is 0.429. The van der Waals surface area contributed by atoms with Crippen molar-refractivity contribution in [3.05, 3.63) is 36.0 Å². The van der Waals surface area contributed by atoms with Gasteiger partial charge >= 0.3 is 0 Å². The molecule has 1 nitrogen and oxygen atoms in total. The fourth-order valence-corrected chi connectivity index (χ4v) is 2.25. The molecule has 0 unspecified atom stereocenters. The van der Waals surface area contributed by atoms with Crippen LogP contribution < -0.4 is 0 Å². The van der Waals surface area contributed by atoms with E-state index in [2.05, 4.69) is 71.7 Å². The van der Waals surface area contributed by atoms with Gasteiger partial charge in [-0.05, 0) is 29.4 Å². The number of aromatic nitrogens is 1. The molecular formula is C14H18BrN. The molecule has 0 radical (unpaired) electrons. The summed E-state index contributed by atoms with van der Waals surface area (Å²) in [6.07, 6.45) is 1.10. The first kappa shape index (κ1) is 11.7. The molecule has 0 atom stereocenters. The van der Waals surface area contributed by atoms with Gasteiger partial charge in [0.05, 0.1) is 0 Å². The van der Waals surface area contributed by atoms with E-state index in [-0.39, 0.29) is 0 Å². The Morgan fingerprint density at radius 3 is 2.56 bits per heavy atom. The molecule has 0 spiro atoms. The van der Waals surface area contributed by atoms with E-state index in [1.54, 1.807) is 0 Å². The van der Waals surface area contributed by atoms with Crippen LogP contribution in [0.25, 0.3) is 10.9 Å². The molecule has 0 saturated carbocycles. The lowest BCUT2D eigenvalue weighted by molar-refractivity contribution is 0.415. The zero-order chi connectivity index (χ0) is 11.8. The third kappa shape index (κ3) is 2.17. The Balaban J connectivity index is 2.42. The molecular weight excluding hydrogens is 262 g/mol. The highest BCUT2D eigenvalue weighted by molar-refractivity contribution is 9.09.